The second kappa shape index (κ2) is 8.68. The van der Waals surface area contributed by atoms with Gasteiger partial charge in [-0.15, -0.1) is 0 Å². The number of benzene rings is 1. The molecule has 0 aliphatic heterocycles. The molecule has 0 saturated heterocycles. The van der Waals surface area contributed by atoms with E-state index in [0.29, 0.717) is 16.7 Å². The summed E-state index contributed by atoms with van der Waals surface area (Å²) in [6.45, 7) is -0.138. The molecule has 3 aromatic rings. The second-order valence-electron chi connectivity index (χ2n) is 6.10. The largest absolute Gasteiger partial charge is 0.491 e. The van der Waals surface area contributed by atoms with E-state index in [-0.39, 0.29) is 35.4 Å². The van der Waals surface area contributed by atoms with Crippen LogP contribution in [0.1, 0.15) is 18.5 Å². The first-order chi connectivity index (χ1) is 13.8. The van der Waals surface area contributed by atoms with E-state index in [0.717, 1.165) is 0 Å². The Morgan fingerprint density at radius 1 is 1.24 bits per heavy atom. The highest BCUT2D eigenvalue weighted by molar-refractivity contribution is 7.84. The zero-order chi connectivity index (χ0) is 21.0. The van der Waals surface area contributed by atoms with E-state index >= 15 is 0 Å². The monoisotopic (exact) mass is 428 g/mol. The lowest BCUT2D eigenvalue weighted by atomic mass is 10.3. The van der Waals surface area contributed by atoms with E-state index in [1.807, 2.05) is 0 Å². The summed E-state index contributed by atoms with van der Waals surface area (Å²) in [6, 6.07) is 8.60. The van der Waals surface area contributed by atoms with Crippen molar-refractivity contribution >= 4 is 21.8 Å². The van der Waals surface area contributed by atoms with Crippen molar-refractivity contribution in [3.8, 4) is 11.5 Å². The molecule has 29 heavy (non-hydrogen) atoms. The third-order valence-electron chi connectivity index (χ3n) is 4.04. The maximum Gasteiger partial charge on any atom is 0.389 e. The molecular formula is C18H19F3N4O3S. The maximum absolute atomic E-state index is 12.8. The lowest BCUT2D eigenvalue weighted by Crippen LogP contribution is -2.15. The molecule has 1 unspecified atom stereocenters. The number of hydrogen-bond acceptors (Lipinski definition) is 6. The Morgan fingerprint density at radius 2 is 2.00 bits per heavy atom. The van der Waals surface area contributed by atoms with Crippen LogP contribution < -0.4 is 15.3 Å². The van der Waals surface area contributed by atoms with Crippen LogP contribution in [0.3, 0.4) is 0 Å². The third kappa shape index (κ3) is 4.97. The summed E-state index contributed by atoms with van der Waals surface area (Å²) in [5.41, 5.74) is 1.57. The number of aromatic nitrogens is 3. The molecule has 1 aromatic carbocycles. The predicted octanol–water partition coefficient (Wildman–Crippen LogP) is 3.18. The molecule has 0 bridgehead atoms. The number of pyridine rings is 1. The molecule has 0 radical (unpaired) electrons. The van der Waals surface area contributed by atoms with Gasteiger partial charge in [-0.1, -0.05) is 12.1 Å². The van der Waals surface area contributed by atoms with Gasteiger partial charge in [-0.2, -0.15) is 13.2 Å². The van der Waals surface area contributed by atoms with Gasteiger partial charge in [0.2, 0.25) is 5.16 Å². The van der Waals surface area contributed by atoms with E-state index in [4.69, 9.17) is 15.3 Å². The van der Waals surface area contributed by atoms with Crippen molar-refractivity contribution in [1.82, 2.24) is 14.6 Å². The Labute approximate surface area is 167 Å². The van der Waals surface area contributed by atoms with Crippen molar-refractivity contribution in [2.75, 3.05) is 19.6 Å². The Bertz CT molecular complexity index is 1020. The van der Waals surface area contributed by atoms with E-state index < -0.39 is 23.4 Å². The summed E-state index contributed by atoms with van der Waals surface area (Å²) in [6.07, 6.45) is -3.95. The van der Waals surface area contributed by atoms with Crippen LogP contribution in [0.5, 0.6) is 11.5 Å². The van der Waals surface area contributed by atoms with Crippen LogP contribution in [0.2, 0.25) is 0 Å². The van der Waals surface area contributed by atoms with Crippen LogP contribution >= 0.6 is 0 Å². The van der Waals surface area contributed by atoms with Crippen molar-refractivity contribution in [3.05, 3.63) is 42.2 Å². The van der Waals surface area contributed by atoms with Gasteiger partial charge in [0.25, 0.3) is 0 Å². The van der Waals surface area contributed by atoms with Gasteiger partial charge in [0.15, 0.2) is 11.5 Å². The second-order valence-corrected chi connectivity index (χ2v) is 7.44. The summed E-state index contributed by atoms with van der Waals surface area (Å²) >= 11 is 0. The molecule has 0 saturated carbocycles. The average Bonchev–Trinajstić information content (AvgIpc) is 3.02. The molecule has 3 rings (SSSR count). The lowest BCUT2D eigenvalue weighted by Gasteiger charge is -2.14. The Hall–Kier alpha value is -2.82. The number of nitrogen functional groups attached to an aromatic ring is 1. The molecule has 0 spiro atoms. The normalized spacial score (nSPS) is 12.8. The number of hydrogen-bond donors (Lipinski definition) is 1. The van der Waals surface area contributed by atoms with Crippen LogP contribution in [0, 0.1) is 0 Å². The first-order valence-electron chi connectivity index (χ1n) is 8.62. The number of methoxy groups -OCH3 is 1. The molecule has 0 aliphatic carbocycles. The van der Waals surface area contributed by atoms with E-state index in [1.54, 1.807) is 24.3 Å². The topological polar surface area (TPSA) is 92.3 Å². The SMILES string of the molecule is COc1c(OCCCC(F)(F)F)ccnc1CS(=O)c1nc2ccccc2n1N. The Morgan fingerprint density at radius 3 is 2.69 bits per heavy atom. The maximum atomic E-state index is 12.8. The summed E-state index contributed by atoms with van der Waals surface area (Å²) in [5, 5.41) is 0.173. The van der Waals surface area contributed by atoms with Gasteiger partial charge in [0, 0.05) is 18.7 Å². The van der Waals surface area contributed by atoms with Crippen LogP contribution in [0.4, 0.5) is 13.2 Å². The van der Waals surface area contributed by atoms with Gasteiger partial charge in [-0.3, -0.25) is 9.19 Å². The summed E-state index contributed by atoms with van der Waals surface area (Å²) in [7, 11) is -0.259. The van der Waals surface area contributed by atoms with E-state index in [9.17, 15) is 17.4 Å². The standard InChI is InChI=1S/C18H19F3N4O3S/c1-27-16-13(23-9-7-15(16)28-10-4-8-18(19,20)21)11-29(26)17-24-12-5-2-3-6-14(12)25(17)22/h2-3,5-7,9H,4,8,10-11,22H2,1H3. The highest BCUT2D eigenvalue weighted by Crippen LogP contribution is 2.31. The van der Waals surface area contributed by atoms with Crippen LogP contribution in [-0.2, 0) is 16.6 Å². The number of nitrogens with two attached hydrogens (primary N) is 1. The highest BCUT2D eigenvalue weighted by atomic mass is 32.2. The Balaban J connectivity index is 1.76. The number of alkyl halides is 3. The van der Waals surface area contributed by atoms with Gasteiger partial charge in [0.05, 0.1) is 47.0 Å². The van der Waals surface area contributed by atoms with Crippen molar-refractivity contribution in [3.63, 3.8) is 0 Å². The van der Waals surface area contributed by atoms with Crippen LogP contribution in [0.15, 0.2) is 41.7 Å². The van der Waals surface area contributed by atoms with Crippen molar-refractivity contribution in [1.29, 1.82) is 0 Å². The quantitative estimate of drug-likeness (QED) is 0.438. The van der Waals surface area contributed by atoms with E-state index in [1.165, 1.54) is 24.0 Å². The number of fused-ring (bicyclic) bond motifs is 1. The van der Waals surface area contributed by atoms with Gasteiger partial charge < -0.3 is 15.3 Å². The van der Waals surface area contributed by atoms with E-state index in [2.05, 4.69) is 9.97 Å². The number of rotatable bonds is 8. The Kier molecular flexibility index (Phi) is 6.26. The minimum atomic E-state index is -4.23. The molecule has 2 N–H and O–H groups in total. The average molecular weight is 428 g/mol. The first-order valence-corrected chi connectivity index (χ1v) is 9.94. The number of imidazole rings is 1. The molecule has 0 amide bonds. The molecule has 0 aliphatic rings. The molecule has 11 heteroatoms. The third-order valence-corrected chi connectivity index (χ3v) is 5.27. The minimum absolute atomic E-state index is 0.0521. The predicted molar refractivity (Wildman–Crippen MR) is 102 cm³/mol. The molecule has 2 heterocycles. The smallest absolute Gasteiger partial charge is 0.389 e. The molecule has 7 nitrogen and oxygen atoms in total. The van der Waals surface area contributed by atoms with Gasteiger partial charge in [0.1, 0.15) is 0 Å². The zero-order valence-corrected chi connectivity index (χ0v) is 16.3. The van der Waals surface area contributed by atoms with Gasteiger partial charge >= 0.3 is 6.18 Å². The summed E-state index contributed by atoms with van der Waals surface area (Å²) in [5.74, 6) is 6.40. The highest BCUT2D eigenvalue weighted by Gasteiger charge is 2.26. The number of ether oxygens (including phenoxy) is 2. The lowest BCUT2D eigenvalue weighted by molar-refractivity contribution is -0.136. The zero-order valence-electron chi connectivity index (χ0n) is 15.5. The van der Waals surface area contributed by atoms with Crippen LogP contribution in [-0.4, -0.2) is 38.7 Å². The van der Waals surface area contributed by atoms with Crippen molar-refractivity contribution in [2.45, 2.75) is 29.9 Å². The number of nitrogens with zero attached hydrogens (tertiary/aromatic N) is 3. The fourth-order valence-corrected chi connectivity index (χ4v) is 3.83. The number of para-hydroxylation sites is 2. The summed E-state index contributed by atoms with van der Waals surface area (Å²) < 4.78 is 61.6. The van der Waals surface area contributed by atoms with Gasteiger partial charge in [-0.05, 0) is 18.6 Å². The van der Waals surface area contributed by atoms with Crippen molar-refractivity contribution < 1.29 is 26.9 Å². The molecule has 1 atom stereocenters. The van der Waals surface area contributed by atoms with Crippen molar-refractivity contribution in [2.24, 2.45) is 0 Å². The molecule has 0 fully saturated rings. The molecule has 2 aromatic heterocycles. The summed E-state index contributed by atoms with van der Waals surface area (Å²) in [4.78, 5) is 8.47. The first kappa shape index (κ1) is 20.9. The minimum Gasteiger partial charge on any atom is -0.491 e. The van der Waals surface area contributed by atoms with Gasteiger partial charge in [-0.25, -0.2) is 9.66 Å². The fourth-order valence-electron chi connectivity index (χ4n) is 2.73. The fraction of sp³-hybridized carbons (Fsp3) is 0.333. The number of halogens is 3. The van der Waals surface area contributed by atoms with Crippen LogP contribution in [0.25, 0.3) is 11.0 Å². The molecular weight excluding hydrogens is 409 g/mol. The molecule has 156 valence electrons.